The molecule has 14 heavy (non-hydrogen) atoms. The average Bonchev–Trinajstić information content (AvgIpc) is 2.49. The first kappa shape index (κ1) is 9.42. The Morgan fingerprint density at radius 3 is 2.57 bits per heavy atom. The third kappa shape index (κ3) is 1.71. The maximum atomic E-state index is 5.57. The Hall–Kier alpha value is -1.14. The van der Waals surface area contributed by atoms with E-state index in [-0.39, 0.29) is 5.95 Å². The summed E-state index contributed by atoms with van der Waals surface area (Å²) in [7, 11) is 0. The first-order chi connectivity index (χ1) is 6.66. The van der Waals surface area contributed by atoms with Gasteiger partial charge in [-0.3, -0.25) is 0 Å². The Morgan fingerprint density at radius 2 is 2.00 bits per heavy atom. The molecule has 0 bridgehead atoms. The van der Waals surface area contributed by atoms with Crippen molar-refractivity contribution in [3.8, 4) is 11.3 Å². The van der Waals surface area contributed by atoms with Crippen molar-refractivity contribution in [3.05, 3.63) is 21.3 Å². The first-order valence-corrected chi connectivity index (χ1v) is 5.52. The van der Waals surface area contributed by atoms with Gasteiger partial charge in [0.05, 0.1) is 5.69 Å². The Kier molecular flexibility index (Phi) is 2.39. The molecule has 72 valence electrons. The SMILES string of the molecule is Nc1cc(-c2cscc2Br)nc(N)n1. The number of rotatable bonds is 1. The molecular formula is C8H7BrN4S. The average molecular weight is 271 g/mol. The summed E-state index contributed by atoms with van der Waals surface area (Å²) in [5, 5.41) is 3.95. The molecule has 0 aromatic carbocycles. The van der Waals surface area contributed by atoms with Crippen LogP contribution in [0.5, 0.6) is 0 Å². The minimum atomic E-state index is 0.193. The summed E-state index contributed by atoms with van der Waals surface area (Å²) in [4.78, 5) is 7.91. The molecule has 0 aliphatic carbocycles. The minimum Gasteiger partial charge on any atom is -0.384 e. The number of nitrogens with two attached hydrogens (primary N) is 2. The number of nitrogen functional groups attached to an aromatic ring is 2. The third-order valence-electron chi connectivity index (χ3n) is 1.65. The number of halogens is 1. The van der Waals surface area contributed by atoms with Crippen LogP contribution in [0.4, 0.5) is 11.8 Å². The fourth-order valence-corrected chi connectivity index (χ4v) is 2.58. The zero-order chi connectivity index (χ0) is 10.1. The highest BCUT2D eigenvalue weighted by atomic mass is 79.9. The van der Waals surface area contributed by atoms with Crippen LogP contribution >= 0.6 is 27.3 Å². The summed E-state index contributed by atoms with van der Waals surface area (Å²) in [5.41, 5.74) is 12.8. The van der Waals surface area contributed by atoms with Gasteiger partial charge in [-0.15, -0.1) is 0 Å². The van der Waals surface area contributed by atoms with Crippen molar-refractivity contribution in [1.82, 2.24) is 9.97 Å². The van der Waals surface area contributed by atoms with E-state index in [1.165, 1.54) is 0 Å². The van der Waals surface area contributed by atoms with Gasteiger partial charge in [0, 0.05) is 26.9 Å². The number of hydrogen-bond donors (Lipinski definition) is 2. The number of anilines is 2. The maximum absolute atomic E-state index is 5.57. The van der Waals surface area contributed by atoms with Crippen molar-refractivity contribution >= 4 is 39.0 Å². The summed E-state index contributed by atoms with van der Waals surface area (Å²) in [6.45, 7) is 0. The molecule has 0 unspecified atom stereocenters. The molecule has 0 saturated heterocycles. The molecule has 2 aromatic rings. The molecule has 6 heteroatoms. The van der Waals surface area contributed by atoms with Gasteiger partial charge in [-0.1, -0.05) is 0 Å². The van der Waals surface area contributed by atoms with Crippen LogP contribution in [-0.2, 0) is 0 Å². The van der Waals surface area contributed by atoms with Crippen molar-refractivity contribution in [2.24, 2.45) is 0 Å². The third-order valence-corrected chi connectivity index (χ3v) is 3.36. The van der Waals surface area contributed by atoms with Crippen molar-refractivity contribution in [1.29, 1.82) is 0 Å². The highest BCUT2D eigenvalue weighted by molar-refractivity contribution is 9.10. The van der Waals surface area contributed by atoms with E-state index in [4.69, 9.17) is 11.5 Å². The van der Waals surface area contributed by atoms with Gasteiger partial charge in [-0.2, -0.15) is 16.3 Å². The monoisotopic (exact) mass is 270 g/mol. The van der Waals surface area contributed by atoms with Gasteiger partial charge in [-0.25, -0.2) is 4.98 Å². The molecule has 0 saturated carbocycles. The van der Waals surface area contributed by atoms with Crippen LogP contribution in [0.3, 0.4) is 0 Å². The summed E-state index contributed by atoms with van der Waals surface area (Å²) in [5.74, 6) is 0.573. The number of thiophene rings is 1. The highest BCUT2D eigenvalue weighted by Gasteiger charge is 2.07. The van der Waals surface area contributed by atoms with Gasteiger partial charge < -0.3 is 11.5 Å². The van der Waals surface area contributed by atoms with Crippen LogP contribution in [0.1, 0.15) is 0 Å². The molecule has 2 aromatic heterocycles. The van der Waals surface area contributed by atoms with E-state index in [1.54, 1.807) is 17.4 Å². The van der Waals surface area contributed by atoms with E-state index in [1.807, 2.05) is 10.8 Å². The van der Waals surface area contributed by atoms with E-state index < -0.39 is 0 Å². The zero-order valence-electron chi connectivity index (χ0n) is 7.07. The zero-order valence-corrected chi connectivity index (χ0v) is 9.47. The predicted molar refractivity (Wildman–Crippen MR) is 61.9 cm³/mol. The number of nitrogens with zero attached hydrogens (tertiary/aromatic N) is 2. The lowest BCUT2D eigenvalue weighted by molar-refractivity contribution is 1.20. The van der Waals surface area contributed by atoms with Crippen LogP contribution in [0.25, 0.3) is 11.3 Å². The van der Waals surface area contributed by atoms with Crippen molar-refractivity contribution in [3.63, 3.8) is 0 Å². The van der Waals surface area contributed by atoms with Crippen molar-refractivity contribution in [2.45, 2.75) is 0 Å². The Morgan fingerprint density at radius 1 is 1.21 bits per heavy atom. The smallest absolute Gasteiger partial charge is 0.222 e. The van der Waals surface area contributed by atoms with Gasteiger partial charge in [0.15, 0.2) is 0 Å². The van der Waals surface area contributed by atoms with Crippen LogP contribution in [0, 0.1) is 0 Å². The van der Waals surface area contributed by atoms with Crippen molar-refractivity contribution in [2.75, 3.05) is 11.5 Å². The molecule has 0 radical (unpaired) electrons. The minimum absolute atomic E-state index is 0.193. The highest BCUT2D eigenvalue weighted by Crippen LogP contribution is 2.31. The molecule has 0 amide bonds. The number of aromatic nitrogens is 2. The standard InChI is InChI=1S/C8H7BrN4S/c9-5-3-14-2-4(5)6-1-7(10)13-8(11)12-6/h1-3H,(H4,10,11,12,13). The number of hydrogen-bond acceptors (Lipinski definition) is 5. The summed E-state index contributed by atoms with van der Waals surface area (Å²) in [6.07, 6.45) is 0. The van der Waals surface area contributed by atoms with Crippen LogP contribution in [-0.4, -0.2) is 9.97 Å². The Balaban J connectivity index is 2.57. The van der Waals surface area contributed by atoms with Crippen molar-refractivity contribution < 1.29 is 0 Å². The fraction of sp³-hybridized carbons (Fsp3) is 0. The van der Waals surface area contributed by atoms with E-state index in [0.29, 0.717) is 5.82 Å². The normalized spacial score (nSPS) is 10.4. The topological polar surface area (TPSA) is 77.8 Å². The quantitative estimate of drug-likeness (QED) is 0.832. The molecule has 0 fully saturated rings. The summed E-state index contributed by atoms with van der Waals surface area (Å²) >= 11 is 5.00. The molecule has 4 N–H and O–H groups in total. The van der Waals surface area contributed by atoms with Crippen LogP contribution in [0.2, 0.25) is 0 Å². The Labute approximate surface area is 93.1 Å². The lowest BCUT2D eigenvalue weighted by atomic mass is 10.2. The van der Waals surface area contributed by atoms with Crippen LogP contribution in [0.15, 0.2) is 21.3 Å². The van der Waals surface area contributed by atoms with E-state index in [2.05, 4.69) is 25.9 Å². The van der Waals surface area contributed by atoms with E-state index >= 15 is 0 Å². The fourth-order valence-electron chi connectivity index (χ4n) is 1.09. The summed E-state index contributed by atoms with van der Waals surface area (Å²) < 4.78 is 0.986. The largest absolute Gasteiger partial charge is 0.384 e. The van der Waals surface area contributed by atoms with Gasteiger partial charge in [-0.05, 0) is 15.9 Å². The molecule has 0 aliphatic heterocycles. The second kappa shape index (κ2) is 3.55. The molecule has 2 heterocycles. The molecule has 0 spiro atoms. The maximum Gasteiger partial charge on any atom is 0.222 e. The second-order valence-corrected chi connectivity index (χ2v) is 4.27. The van der Waals surface area contributed by atoms with Gasteiger partial charge in [0.1, 0.15) is 5.82 Å². The molecular weight excluding hydrogens is 264 g/mol. The van der Waals surface area contributed by atoms with Gasteiger partial charge >= 0.3 is 0 Å². The first-order valence-electron chi connectivity index (χ1n) is 3.79. The van der Waals surface area contributed by atoms with Gasteiger partial charge in [0.2, 0.25) is 5.95 Å². The molecule has 0 atom stereocenters. The van der Waals surface area contributed by atoms with E-state index in [0.717, 1.165) is 15.7 Å². The lowest BCUT2D eigenvalue weighted by Gasteiger charge is -2.01. The lowest BCUT2D eigenvalue weighted by Crippen LogP contribution is -2.00. The summed E-state index contributed by atoms with van der Waals surface area (Å²) in [6, 6.07) is 1.70. The molecule has 0 aliphatic rings. The predicted octanol–water partition coefficient (Wildman–Crippen LogP) is 2.13. The molecule has 4 nitrogen and oxygen atoms in total. The van der Waals surface area contributed by atoms with Gasteiger partial charge in [0.25, 0.3) is 0 Å². The molecule has 2 rings (SSSR count). The van der Waals surface area contributed by atoms with E-state index in [9.17, 15) is 0 Å². The Bertz CT molecular complexity index is 448. The van der Waals surface area contributed by atoms with Crippen LogP contribution < -0.4 is 11.5 Å². The second-order valence-electron chi connectivity index (χ2n) is 2.67.